The molecule has 4 rings (SSSR count). The van der Waals surface area contributed by atoms with Gasteiger partial charge in [0.1, 0.15) is 6.54 Å². The van der Waals surface area contributed by atoms with Crippen LogP contribution in [-0.4, -0.2) is 56.5 Å². The molecular formula is C24H29N3O4S2. The van der Waals surface area contributed by atoms with Crippen molar-refractivity contribution in [2.75, 3.05) is 36.5 Å². The molecule has 1 fully saturated rings. The smallest absolute Gasteiger partial charge is 0.246 e. The third-order valence-electron chi connectivity index (χ3n) is 6.08. The van der Waals surface area contributed by atoms with Crippen LogP contribution in [0.4, 0.5) is 11.4 Å². The van der Waals surface area contributed by atoms with E-state index in [-0.39, 0.29) is 34.9 Å². The zero-order valence-electron chi connectivity index (χ0n) is 18.9. The SMILES string of the molecule is C[C@H]1CC(=O)N(CC(=O)N(C)c2ccccc2)c2cc(S(=O)(=O)N3CCCCC3)ccc2S1. The molecule has 2 aromatic rings. The first-order valence-corrected chi connectivity index (χ1v) is 13.5. The maximum atomic E-state index is 13.3. The second-order valence-corrected chi connectivity index (χ2v) is 11.9. The number of nitrogens with zero attached hydrogens (tertiary/aromatic N) is 3. The average Bonchev–Trinajstić information content (AvgIpc) is 2.94. The van der Waals surface area contributed by atoms with Gasteiger partial charge < -0.3 is 9.80 Å². The number of rotatable bonds is 5. The lowest BCUT2D eigenvalue weighted by Crippen LogP contribution is -2.42. The predicted molar refractivity (Wildman–Crippen MR) is 131 cm³/mol. The van der Waals surface area contributed by atoms with Gasteiger partial charge in [-0.25, -0.2) is 8.42 Å². The van der Waals surface area contributed by atoms with Gasteiger partial charge in [0.15, 0.2) is 0 Å². The van der Waals surface area contributed by atoms with Gasteiger partial charge in [-0.1, -0.05) is 31.5 Å². The summed E-state index contributed by atoms with van der Waals surface area (Å²) in [5.41, 5.74) is 1.22. The minimum absolute atomic E-state index is 0.0211. The third-order valence-corrected chi connectivity index (χ3v) is 9.14. The Bertz CT molecular complexity index is 1130. The highest BCUT2D eigenvalue weighted by molar-refractivity contribution is 8.00. The summed E-state index contributed by atoms with van der Waals surface area (Å²) in [5, 5.41) is 0.0211. The molecule has 0 aromatic heterocycles. The van der Waals surface area contributed by atoms with Gasteiger partial charge in [-0.2, -0.15) is 4.31 Å². The highest BCUT2D eigenvalue weighted by Gasteiger charge is 2.32. The molecular weight excluding hydrogens is 458 g/mol. The number of para-hydroxylation sites is 1. The zero-order valence-corrected chi connectivity index (χ0v) is 20.6. The lowest BCUT2D eigenvalue weighted by atomic mass is 10.2. The lowest BCUT2D eigenvalue weighted by Gasteiger charge is -2.28. The number of carbonyl (C=O) groups excluding carboxylic acids is 2. The standard InChI is InChI=1S/C24H29N3O4S2/c1-18-15-23(28)27(17-24(29)25(2)19-9-5-3-6-10-19)21-16-20(11-12-22(21)32-18)33(30,31)26-13-7-4-8-14-26/h3,5-6,9-12,16,18H,4,7-8,13-15,17H2,1-2H3/t18-/m0/s1. The molecule has 0 radical (unpaired) electrons. The number of carbonyl (C=O) groups is 2. The topological polar surface area (TPSA) is 78.0 Å². The third kappa shape index (κ3) is 5.10. The van der Waals surface area contributed by atoms with Crippen LogP contribution in [0, 0.1) is 0 Å². The van der Waals surface area contributed by atoms with Crippen LogP contribution >= 0.6 is 11.8 Å². The fourth-order valence-corrected chi connectivity index (χ4v) is 6.82. The fraction of sp³-hybridized carbons (Fsp3) is 0.417. The molecule has 2 aliphatic rings. The molecule has 2 aliphatic heterocycles. The molecule has 33 heavy (non-hydrogen) atoms. The molecule has 2 heterocycles. The predicted octanol–water partition coefficient (Wildman–Crippen LogP) is 3.74. The van der Waals surface area contributed by atoms with Crippen LogP contribution in [0.2, 0.25) is 0 Å². The molecule has 2 amide bonds. The lowest BCUT2D eigenvalue weighted by molar-refractivity contribution is -0.122. The number of piperidine rings is 1. The number of thioether (sulfide) groups is 1. The summed E-state index contributed by atoms with van der Waals surface area (Å²) in [7, 11) is -1.98. The number of hydrogen-bond donors (Lipinski definition) is 0. The van der Waals surface area contributed by atoms with Gasteiger partial charge in [0.25, 0.3) is 0 Å². The van der Waals surface area contributed by atoms with Gasteiger partial charge in [-0.05, 0) is 43.2 Å². The van der Waals surface area contributed by atoms with Gasteiger partial charge in [-0.15, -0.1) is 11.8 Å². The molecule has 7 nitrogen and oxygen atoms in total. The molecule has 0 bridgehead atoms. The number of likely N-dealkylation sites (N-methyl/N-ethyl adjacent to an activating group) is 1. The molecule has 2 aromatic carbocycles. The second kappa shape index (κ2) is 9.87. The normalized spacial score (nSPS) is 19.6. The zero-order chi connectivity index (χ0) is 23.6. The Morgan fingerprint density at radius 3 is 2.48 bits per heavy atom. The summed E-state index contributed by atoms with van der Waals surface area (Å²) in [4.78, 5) is 30.2. The van der Waals surface area contributed by atoms with Crippen LogP contribution < -0.4 is 9.80 Å². The quantitative estimate of drug-likeness (QED) is 0.642. The summed E-state index contributed by atoms with van der Waals surface area (Å²) < 4.78 is 28.1. The number of fused-ring (bicyclic) bond motifs is 1. The monoisotopic (exact) mass is 487 g/mol. The summed E-state index contributed by atoms with van der Waals surface area (Å²) in [6.07, 6.45) is 3.00. The van der Waals surface area contributed by atoms with Crippen LogP contribution in [0.15, 0.2) is 58.3 Å². The van der Waals surface area contributed by atoms with Crippen LogP contribution in [-0.2, 0) is 19.6 Å². The highest BCUT2D eigenvalue weighted by atomic mass is 32.2. The Balaban J connectivity index is 1.68. The number of sulfonamides is 1. The van der Waals surface area contributed by atoms with Crippen molar-refractivity contribution in [2.24, 2.45) is 0 Å². The number of benzene rings is 2. The molecule has 0 unspecified atom stereocenters. The van der Waals surface area contributed by atoms with Crippen LogP contribution in [0.3, 0.4) is 0 Å². The van der Waals surface area contributed by atoms with Crippen molar-refractivity contribution in [1.29, 1.82) is 0 Å². The van der Waals surface area contributed by atoms with E-state index in [0.29, 0.717) is 18.8 Å². The largest absolute Gasteiger partial charge is 0.314 e. The van der Waals surface area contributed by atoms with E-state index in [9.17, 15) is 18.0 Å². The van der Waals surface area contributed by atoms with E-state index >= 15 is 0 Å². The van der Waals surface area contributed by atoms with Gasteiger partial charge in [0.2, 0.25) is 21.8 Å². The van der Waals surface area contributed by atoms with E-state index in [1.54, 1.807) is 25.2 Å². The summed E-state index contributed by atoms with van der Waals surface area (Å²) in [5.74, 6) is -0.430. The van der Waals surface area contributed by atoms with E-state index in [1.165, 1.54) is 25.9 Å². The summed E-state index contributed by atoms with van der Waals surface area (Å²) in [6, 6.07) is 14.2. The highest BCUT2D eigenvalue weighted by Crippen LogP contribution is 2.40. The Kier molecular flexibility index (Phi) is 7.11. The molecule has 0 spiro atoms. The first kappa shape index (κ1) is 23.8. The van der Waals surface area contributed by atoms with Crippen molar-refractivity contribution in [3.05, 3.63) is 48.5 Å². The Morgan fingerprint density at radius 1 is 1.09 bits per heavy atom. The van der Waals surface area contributed by atoms with Crippen molar-refractivity contribution in [3.63, 3.8) is 0 Å². The summed E-state index contributed by atoms with van der Waals surface area (Å²) >= 11 is 1.53. The minimum atomic E-state index is -3.66. The van der Waals surface area contributed by atoms with Crippen LogP contribution in [0.25, 0.3) is 0 Å². The molecule has 1 saturated heterocycles. The first-order valence-electron chi connectivity index (χ1n) is 11.2. The number of hydrogen-bond acceptors (Lipinski definition) is 5. The van der Waals surface area contributed by atoms with Gasteiger partial charge >= 0.3 is 0 Å². The van der Waals surface area contributed by atoms with Crippen molar-refractivity contribution < 1.29 is 18.0 Å². The Labute approximate surface area is 199 Å². The molecule has 0 aliphatic carbocycles. The Hall–Kier alpha value is -2.36. The summed E-state index contributed by atoms with van der Waals surface area (Å²) in [6.45, 7) is 2.83. The molecule has 0 saturated carbocycles. The maximum absolute atomic E-state index is 13.3. The molecule has 1 atom stereocenters. The maximum Gasteiger partial charge on any atom is 0.246 e. The van der Waals surface area contributed by atoms with Crippen molar-refractivity contribution >= 4 is 45.0 Å². The van der Waals surface area contributed by atoms with Crippen molar-refractivity contribution in [3.8, 4) is 0 Å². The van der Waals surface area contributed by atoms with Crippen LogP contribution in [0.1, 0.15) is 32.6 Å². The first-order chi connectivity index (χ1) is 15.8. The fourth-order valence-electron chi connectivity index (χ4n) is 4.18. The van der Waals surface area contributed by atoms with Gasteiger partial charge in [0.05, 0.1) is 10.6 Å². The van der Waals surface area contributed by atoms with E-state index in [1.807, 2.05) is 37.3 Å². The minimum Gasteiger partial charge on any atom is -0.314 e. The van der Waals surface area contributed by atoms with Gasteiger partial charge in [-0.3, -0.25) is 9.59 Å². The average molecular weight is 488 g/mol. The molecule has 9 heteroatoms. The van der Waals surface area contributed by atoms with Crippen molar-refractivity contribution in [1.82, 2.24) is 4.31 Å². The van der Waals surface area contributed by atoms with Crippen LogP contribution in [0.5, 0.6) is 0 Å². The van der Waals surface area contributed by atoms with E-state index < -0.39 is 10.0 Å². The van der Waals surface area contributed by atoms with E-state index in [2.05, 4.69) is 0 Å². The second-order valence-electron chi connectivity index (χ2n) is 8.50. The Morgan fingerprint density at radius 2 is 1.79 bits per heavy atom. The molecule has 0 N–H and O–H groups in total. The van der Waals surface area contributed by atoms with Crippen molar-refractivity contribution in [2.45, 2.75) is 47.6 Å². The molecule has 176 valence electrons. The number of anilines is 2. The van der Waals surface area contributed by atoms with E-state index in [4.69, 9.17) is 0 Å². The number of amides is 2. The van der Waals surface area contributed by atoms with Gasteiger partial charge in [0, 0.05) is 42.4 Å². The van der Waals surface area contributed by atoms with E-state index in [0.717, 1.165) is 29.8 Å².